The third-order valence-corrected chi connectivity index (χ3v) is 6.04. The minimum atomic E-state index is -3.47. The van der Waals surface area contributed by atoms with Gasteiger partial charge in [-0.1, -0.05) is 35.9 Å². The summed E-state index contributed by atoms with van der Waals surface area (Å²) < 4.78 is 26.0. The number of hydrogen-bond donors (Lipinski definition) is 1. The number of benzene rings is 3. The van der Waals surface area contributed by atoms with Crippen molar-refractivity contribution in [3.8, 4) is 0 Å². The van der Waals surface area contributed by atoms with Crippen LogP contribution in [0.25, 0.3) is 0 Å². The molecule has 0 radical (unpaired) electrons. The summed E-state index contributed by atoms with van der Waals surface area (Å²) in [7, 11) is -3.47. The molecule has 3 rings (SSSR count). The van der Waals surface area contributed by atoms with Crippen molar-refractivity contribution in [2.24, 2.45) is 0 Å². The molecule has 0 aromatic heterocycles. The van der Waals surface area contributed by atoms with Crippen LogP contribution < -0.4 is 9.62 Å². The number of carbonyl (C=O) groups excluding carboxylic acids is 1. The molecule has 0 aliphatic rings. The first-order chi connectivity index (χ1) is 14.1. The fourth-order valence-electron chi connectivity index (χ4n) is 3.07. The maximum atomic E-state index is 12.6. The lowest BCUT2D eigenvalue weighted by atomic mass is 10.1. The van der Waals surface area contributed by atoms with Crippen molar-refractivity contribution in [1.29, 1.82) is 0 Å². The lowest BCUT2D eigenvalue weighted by Gasteiger charge is -2.23. The number of rotatable bonds is 6. The highest BCUT2D eigenvalue weighted by molar-refractivity contribution is 7.92. The Morgan fingerprint density at radius 2 is 1.70 bits per heavy atom. The predicted molar refractivity (Wildman–Crippen MR) is 123 cm³/mol. The molecular weight excluding hydrogens is 420 g/mol. The number of halogens is 1. The zero-order valence-electron chi connectivity index (χ0n) is 17.0. The van der Waals surface area contributed by atoms with Crippen molar-refractivity contribution in [2.75, 3.05) is 15.9 Å². The molecule has 0 fully saturated rings. The summed E-state index contributed by atoms with van der Waals surface area (Å²) in [5, 5.41) is 3.48. The van der Waals surface area contributed by atoms with E-state index in [0.717, 1.165) is 16.7 Å². The Balaban J connectivity index is 1.77. The minimum absolute atomic E-state index is 0.181. The van der Waals surface area contributed by atoms with E-state index in [1.807, 2.05) is 32.0 Å². The van der Waals surface area contributed by atoms with Crippen molar-refractivity contribution in [1.82, 2.24) is 0 Å². The third-order valence-electron chi connectivity index (χ3n) is 4.67. The highest BCUT2D eigenvalue weighted by Gasteiger charge is 2.18. The molecule has 1 amide bonds. The Kier molecular flexibility index (Phi) is 6.48. The molecule has 0 saturated carbocycles. The molecule has 0 bridgehead atoms. The van der Waals surface area contributed by atoms with Gasteiger partial charge in [-0.2, -0.15) is 0 Å². The van der Waals surface area contributed by atoms with E-state index in [0.29, 0.717) is 22.0 Å². The number of carbonyl (C=O) groups is 1. The van der Waals surface area contributed by atoms with Crippen molar-refractivity contribution in [3.05, 3.63) is 94.0 Å². The average Bonchev–Trinajstić information content (AvgIpc) is 2.68. The Morgan fingerprint density at radius 3 is 2.30 bits per heavy atom. The number of sulfonamides is 1. The van der Waals surface area contributed by atoms with Crippen LogP contribution in [0.2, 0.25) is 5.02 Å². The van der Waals surface area contributed by atoms with Gasteiger partial charge < -0.3 is 5.32 Å². The monoisotopic (exact) mass is 442 g/mol. The first-order valence-electron chi connectivity index (χ1n) is 9.34. The van der Waals surface area contributed by atoms with Gasteiger partial charge in [0, 0.05) is 16.3 Å². The summed E-state index contributed by atoms with van der Waals surface area (Å²) in [5.74, 6) is -0.245. The number of nitrogens with one attached hydrogen (secondary N) is 1. The second kappa shape index (κ2) is 8.90. The Bertz CT molecular complexity index is 1180. The fraction of sp³-hybridized carbons (Fsp3) is 0.174. The molecule has 0 heterocycles. The van der Waals surface area contributed by atoms with E-state index in [1.165, 1.54) is 10.6 Å². The smallest absolute Gasteiger partial charge is 0.255 e. The molecule has 3 aromatic rings. The molecule has 0 aliphatic carbocycles. The quantitative estimate of drug-likeness (QED) is 0.572. The van der Waals surface area contributed by atoms with Gasteiger partial charge in [0.05, 0.1) is 18.5 Å². The number of anilines is 2. The van der Waals surface area contributed by atoms with E-state index < -0.39 is 10.0 Å². The van der Waals surface area contributed by atoms with Crippen molar-refractivity contribution < 1.29 is 13.2 Å². The highest BCUT2D eigenvalue weighted by atomic mass is 35.5. The second-order valence-electron chi connectivity index (χ2n) is 7.22. The molecule has 0 saturated heterocycles. The summed E-state index contributed by atoms with van der Waals surface area (Å²) in [4.78, 5) is 12.6. The summed E-state index contributed by atoms with van der Waals surface area (Å²) in [6.07, 6.45) is 1.19. The molecular formula is C23H23ClN2O3S. The van der Waals surface area contributed by atoms with Crippen LogP contribution in [0.3, 0.4) is 0 Å². The molecule has 1 N–H and O–H groups in total. The van der Waals surface area contributed by atoms with Crippen LogP contribution in [0.4, 0.5) is 11.4 Å². The topological polar surface area (TPSA) is 66.5 Å². The average molecular weight is 443 g/mol. The highest BCUT2D eigenvalue weighted by Crippen LogP contribution is 2.23. The SMILES string of the molecule is Cc1cccc(N(Cc2ccc(C(=O)Nc3ccc(Cl)cc3C)cc2)S(C)(=O)=O)c1. The molecule has 156 valence electrons. The summed E-state index contributed by atoms with van der Waals surface area (Å²) in [5.41, 5.74) is 4.41. The van der Waals surface area contributed by atoms with Gasteiger partial charge in [0.15, 0.2) is 0 Å². The van der Waals surface area contributed by atoms with Crippen LogP contribution in [0, 0.1) is 13.8 Å². The van der Waals surface area contributed by atoms with E-state index in [1.54, 1.807) is 48.5 Å². The van der Waals surface area contributed by atoms with Crippen LogP contribution >= 0.6 is 11.6 Å². The maximum absolute atomic E-state index is 12.6. The Hall–Kier alpha value is -2.83. The van der Waals surface area contributed by atoms with Crippen LogP contribution in [0.15, 0.2) is 66.7 Å². The van der Waals surface area contributed by atoms with Crippen LogP contribution in [-0.2, 0) is 16.6 Å². The van der Waals surface area contributed by atoms with Crippen LogP contribution in [0.5, 0.6) is 0 Å². The summed E-state index contributed by atoms with van der Waals surface area (Å²) in [6.45, 7) is 3.97. The van der Waals surface area contributed by atoms with Gasteiger partial charge in [0.25, 0.3) is 5.91 Å². The van der Waals surface area contributed by atoms with Crippen LogP contribution in [-0.4, -0.2) is 20.6 Å². The van der Waals surface area contributed by atoms with Gasteiger partial charge >= 0.3 is 0 Å². The second-order valence-corrected chi connectivity index (χ2v) is 9.56. The summed E-state index contributed by atoms with van der Waals surface area (Å²) in [6, 6.07) is 19.5. The number of amides is 1. The third kappa shape index (κ3) is 5.40. The van der Waals surface area contributed by atoms with Gasteiger partial charge in [0.2, 0.25) is 10.0 Å². The van der Waals surface area contributed by atoms with E-state index in [9.17, 15) is 13.2 Å². The molecule has 7 heteroatoms. The molecule has 0 atom stereocenters. The number of nitrogens with zero attached hydrogens (tertiary/aromatic N) is 1. The minimum Gasteiger partial charge on any atom is -0.322 e. The predicted octanol–water partition coefficient (Wildman–Crippen LogP) is 5.18. The van der Waals surface area contributed by atoms with Gasteiger partial charge in [-0.15, -0.1) is 0 Å². The molecule has 0 unspecified atom stereocenters. The zero-order valence-corrected chi connectivity index (χ0v) is 18.6. The van der Waals surface area contributed by atoms with E-state index >= 15 is 0 Å². The normalized spacial score (nSPS) is 11.2. The van der Waals surface area contributed by atoms with Crippen molar-refractivity contribution in [3.63, 3.8) is 0 Å². The molecule has 0 spiro atoms. The first-order valence-corrected chi connectivity index (χ1v) is 11.6. The van der Waals surface area contributed by atoms with E-state index in [4.69, 9.17) is 11.6 Å². The Labute approximate surface area is 182 Å². The number of aryl methyl sites for hydroxylation is 2. The number of hydrogen-bond acceptors (Lipinski definition) is 3. The largest absolute Gasteiger partial charge is 0.322 e. The zero-order chi connectivity index (χ0) is 21.9. The lowest BCUT2D eigenvalue weighted by Crippen LogP contribution is -2.29. The van der Waals surface area contributed by atoms with Crippen molar-refractivity contribution in [2.45, 2.75) is 20.4 Å². The lowest BCUT2D eigenvalue weighted by molar-refractivity contribution is 0.102. The Morgan fingerprint density at radius 1 is 1.00 bits per heavy atom. The van der Waals surface area contributed by atoms with E-state index in [-0.39, 0.29) is 12.5 Å². The molecule has 30 heavy (non-hydrogen) atoms. The molecule has 5 nitrogen and oxygen atoms in total. The van der Waals surface area contributed by atoms with Gasteiger partial charge in [-0.05, 0) is 73.0 Å². The van der Waals surface area contributed by atoms with Gasteiger partial charge in [0.1, 0.15) is 0 Å². The van der Waals surface area contributed by atoms with Gasteiger partial charge in [-0.3, -0.25) is 9.10 Å². The summed E-state index contributed by atoms with van der Waals surface area (Å²) >= 11 is 5.95. The van der Waals surface area contributed by atoms with Crippen LogP contribution in [0.1, 0.15) is 27.0 Å². The molecule has 0 aliphatic heterocycles. The van der Waals surface area contributed by atoms with E-state index in [2.05, 4.69) is 5.32 Å². The molecule has 3 aromatic carbocycles. The fourth-order valence-corrected chi connectivity index (χ4v) is 4.18. The maximum Gasteiger partial charge on any atom is 0.255 e. The van der Waals surface area contributed by atoms with Gasteiger partial charge in [-0.25, -0.2) is 8.42 Å². The first kappa shape index (κ1) is 21.9. The standard InChI is InChI=1S/C23H23ClN2O3S/c1-16-5-4-6-21(13-16)26(30(3,28)29)15-18-7-9-19(10-8-18)23(27)25-22-12-11-20(24)14-17(22)2/h4-14H,15H2,1-3H3,(H,25,27). The van der Waals surface area contributed by atoms with Crippen molar-refractivity contribution >= 4 is 38.9 Å².